The average Bonchev–Trinajstić information content (AvgIpc) is 2.05. The van der Waals surface area contributed by atoms with E-state index in [2.05, 4.69) is 21.0 Å². The van der Waals surface area contributed by atoms with Crippen LogP contribution in [0.1, 0.15) is 5.56 Å². The van der Waals surface area contributed by atoms with Crippen molar-refractivity contribution in [2.24, 2.45) is 10.9 Å². The van der Waals surface area contributed by atoms with E-state index in [1.54, 1.807) is 13.3 Å². The quantitative estimate of drug-likeness (QED) is 0.477. The topological polar surface area (TPSA) is 47.6 Å². The molecule has 0 atom stereocenters. The minimum absolute atomic E-state index is 0.796. The third kappa shape index (κ3) is 1.98. The number of nitrogens with two attached hydrogens (primary N) is 1. The number of hydrazone groups is 1. The summed E-state index contributed by atoms with van der Waals surface area (Å²) in [6.45, 7) is 0. The second-order valence-corrected chi connectivity index (χ2v) is 3.03. The van der Waals surface area contributed by atoms with Crippen LogP contribution in [0.3, 0.4) is 0 Å². The number of hydrogen-bond acceptors (Lipinski definition) is 3. The first kappa shape index (κ1) is 9.06. The van der Waals surface area contributed by atoms with Gasteiger partial charge in [0.1, 0.15) is 5.75 Å². The SMILES string of the molecule is COc1ccc(/C=N\N)cc1Br. The first-order valence-corrected chi connectivity index (χ1v) is 4.14. The van der Waals surface area contributed by atoms with Gasteiger partial charge in [-0.25, -0.2) is 0 Å². The number of benzene rings is 1. The van der Waals surface area contributed by atoms with E-state index < -0.39 is 0 Å². The van der Waals surface area contributed by atoms with Gasteiger partial charge < -0.3 is 10.6 Å². The van der Waals surface area contributed by atoms with E-state index in [1.807, 2.05) is 18.2 Å². The average molecular weight is 229 g/mol. The van der Waals surface area contributed by atoms with Crippen LogP contribution in [0.5, 0.6) is 5.75 Å². The maximum absolute atomic E-state index is 5.06. The number of nitrogens with zero attached hydrogens (tertiary/aromatic N) is 1. The fraction of sp³-hybridized carbons (Fsp3) is 0.125. The number of methoxy groups -OCH3 is 1. The van der Waals surface area contributed by atoms with Gasteiger partial charge in [0.05, 0.1) is 17.8 Å². The number of halogens is 1. The summed E-state index contributed by atoms with van der Waals surface area (Å²) < 4.78 is 5.95. The molecule has 3 nitrogen and oxygen atoms in total. The molecule has 0 aliphatic carbocycles. The Kier molecular flexibility index (Phi) is 3.10. The second kappa shape index (κ2) is 4.11. The molecule has 1 rings (SSSR count). The number of rotatable bonds is 2. The lowest BCUT2D eigenvalue weighted by molar-refractivity contribution is 0.412. The zero-order valence-corrected chi connectivity index (χ0v) is 8.21. The Hall–Kier alpha value is -1.03. The van der Waals surface area contributed by atoms with Crippen LogP contribution in [0.25, 0.3) is 0 Å². The molecular weight excluding hydrogens is 220 g/mol. The highest BCUT2D eigenvalue weighted by molar-refractivity contribution is 9.10. The molecule has 0 spiro atoms. The Morgan fingerprint density at radius 2 is 2.33 bits per heavy atom. The maximum atomic E-state index is 5.06. The summed E-state index contributed by atoms with van der Waals surface area (Å²) in [5.74, 6) is 5.80. The van der Waals surface area contributed by atoms with Gasteiger partial charge in [0, 0.05) is 0 Å². The van der Waals surface area contributed by atoms with Crippen LogP contribution in [0.4, 0.5) is 0 Å². The highest BCUT2D eigenvalue weighted by atomic mass is 79.9. The lowest BCUT2D eigenvalue weighted by Crippen LogP contribution is -1.88. The van der Waals surface area contributed by atoms with Crippen LogP contribution in [0.15, 0.2) is 27.8 Å². The molecule has 0 amide bonds. The monoisotopic (exact) mass is 228 g/mol. The van der Waals surface area contributed by atoms with Gasteiger partial charge in [-0.3, -0.25) is 0 Å². The zero-order valence-electron chi connectivity index (χ0n) is 6.62. The molecule has 1 aromatic rings. The van der Waals surface area contributed by atoms with Gasteiger partial charge in [-0.05, 0) is 39.7 Å². The lowest BCUT2D eigenvalue weighted by atomic mass is 10.2. The van der Waals surface area contributed by atoms with Crippen molar-refractivity contribution >= 4 is 22.1 Å². The predicted octanol–water partition coefficient (Wildman–Crippen LogP) is 1.75. The van der Waals surface area contributed by atoms with E-state index in [-0.39, 0.29) is 0 Å². The Morgan fingerprint density at radius 1 is 1.58 bits per heavy atom. The van der Waals surface area contributed by atoms with E-state index in [0.717, 1.165) is 15.8 Å². The summed E-state index contributed by atoms with van der Waals surface area (Å²) >= 11 is 3.35. The van der Waals surface area contributed by atoms with Crippen molar-refractivity contribution in [3.63, 3.8) is 0 Å². The molecule has 2 N–H and O–H groups in total. The van der Waals surface area contributed by atoms with Crippen LogP contribution in [0, 0.1) is 0 Å². The Morgan fingerprint density at radius 3 is 2.83 bits per heavy atom. The summed E-state index contributed by atoms with van der Waals surface area (Å²) in [6.07, 6.45) is 1.57. The highest BCUT2D eigenvalue weighted by Gasteiger charge is 1.98. The van der Waals surface area contributed by atoms with E-state index in [4.69, 9.17) is 10.6 Å². The summed E-state index contributed by atoms with van der Waals surface area (Å²) in [7, 11) is 1.62. The summed E-state index contributed by atoms with van der Waals surface area (Å²) in [5, 5.41) is 3.42. The van der Waals surface area contributed by atoms with Crippen molar-refractivity contribution in [1.29, 1.82) is 0 Å². The molecule has 0 saturated carbocycles. The van der Waals surface area contributed by atoms with E-state index in [0.29, 0.717) is 0 Å². The minimum Gasteiger partial charge on any atom is -0.496 e. The molecule has 0 fully saturated rings. The van der Waals surface area contributed by atoms with Crippen molar-refractivity contribution in [2.45, 2.75) is 0 Å². The van der Waals surface area contributed by atoms with Gasteiger partial charge in [0.15, 0.2) is 0 Å². The molecule has 0 aliphatic heterocycles. The van der Waals surface area contributed by atoms with Gasteiger partial charge >= 0.3 is 0 Å². The summed E-state index contributed by atoms with van der Waals surface area (Å²) in [5.41, 5.74) is 0.935. The molecule has 0 bridgehead atoms. The molecule has 0 radical (unpaired) electrons. The fourth-order valence-electron chi connectivity index (χ4n) is 0.849. The minimum atomic E-state index is 0.796. The Balaban J connectivity index is 3.01. The summed E-state index contributed by atoms with van der Waals surface area (Å²) in [6, 6.07) is 5.61. The normalized spacial score (nSPS) is 10.5. The van der Waals surface area contributed by atoms with Crippen LogP contribution in [-0.2, 0) is 0 Å². The highest BCUT2D eigenvalue weighted by Crippen LogP contribution is 2.24. The standard InChI is InChI=1S/C8H9BrN2O/c1-12-8-3-2-6(5-11-10)4-7(8)9/h2-5H,10H2,1H3/b11-5-. The Labute approximate surface area is 79.3 Å². The number of ether oxygens (including phenoxy) is 1. The molecule has 0 aromatic heterocycles. The number of hydrogen-bond donors (Lipinski definition) is 1. The maximum Gasteiger partial charge on any atom is 0.133 e. The van der Waals surface area contributed by atoms with Crippen molar-refractivity contribution in [3.05, 3.63) is 28.2 Å². The van der Waals surface area contributed by atoms with Gasteiger partial charge in [0.2, 0.25) is 0 Å². The fourth-order valence-corrected chi connectivity index (χ4v) is 1.41. The zero-order chi connectivity index (χ0) is 8.97. The van der Waals surface area contributed by atoms with E-state index >= 15 is 0 Å². The van der Waals surface area contributed by atoms with E-state index in [9.17, 15) is 0 Å². The Bertz CT molecular complexity index is 299. The predicted molar refractivity (Wildman–Crippen MR) is 52.5 cm³/mol. The van der Waals surface area contributed by atoms with Crippen LogP contribution < -0.4 is 10.6 Å². The molecule has 0 saturated heterocycles. The van der Waals surface area contributed by atoms with Crippen molar-refractivity contribution < 1.29 is 4.74 Å². The first-order valence-electron chi connectivity index (χ1n) is 3.34. The van der Waals surface area contributed by atoms with Crippen molar-refractivity contribution in [1.82, 2.24) is 0 Å². The third-order valence-electron chi connectivity index (χ3n) is 1.40. The smallest absolute Gasteiger partial charge is 0.133 e. The molecule has 12 heavy (non-hydrogen) atoms. The van der Waals surface area contributed by atoms with Crippen molar-refractivity contribution in [2.75, 3.05) is 7.11 Å². The lowest BCUT2D eigenvalue weighted by Gasteiger charge is -2.02. The largest absolute Gasteiger partial charge is 0.496 e. The van der Waals surface area contributed by atoms with Crippen molar-refractivity contribution in [3.8, 4) is 5.75 Å². The first-order chi connectivity index (χ1) is 5.77. The van der Waals surface area contributed by atoms with Gasteiger partial charge in [-0.15, -0.1) is 0 Å². The van der Waals surface area contributed by atoms with Crippen LogP contribution in [0.2, 0.25) is 0 Å². The van der Waals surface area contributed by atoms with Gasteiger partial charge in [-0.1, -0.05) is 0 Å². The van der Waals surface area contributed by atoms with Gasteiger partial charge in [0.25, 0.3) is 0 Å². The molecule has 0 unspecified atom stereocenters. The molecular formula is C8H9BrN2O. The third-order valence-corrected chi connectivity index (χ3v) is 2.02. The van der Waals surface area contributed by atoms with Crippen LogP contribution >= 0.6 is 15.9 Å². The van der Waals surface area contributed by atoms with E-state index in [1.165, 1.54) is 0 Å². The molecule has 1 aromatic carbocycles. The molecule has 0 heterocycles. The molecule has 0 aliphatic rings. The second-order valence-electron chi connectivity index (χ2n) is 2.17. The molecule has 4 heteroatoms. The van der Waals surface area contributed by atoms with Gasteiger partial charge in [-0.2, -0.15) is 5.10 Å². The summed E-state index contributed by atoms with van der Waals surface area (Å²) in [4.78, 5) is 0. The molecule has 64 valence electrons. The van der Waals surface area contributed by atoms with Crippen LogP contribution in [-0.4, -0.2) is 13.3 Å².